The maximum absolute atomic E-state index is 12.2. The fourth-order valence-electron chi connectivity index (χ4n) is 3.29. The lowest BCUT2D eigenvalue weighted by Crippen LogP contribution is -2.14. The van der Waals surface area contributed by atoms with E-state index in [4.69, 9.17) is 22.1 Å². The number of nitrogens with zero attached hydrogens (tertiary/aromatic N) is 1. The van der Waals surface area contributed by atoms with Gasteiger partial charge in [-0.05, 0) is 33.3 Å². The van der Waals surface area contributed by atoms with Crippen LogP contribution in [0.3, 0.4) is 0 Å². The van der Waals surface area contributed by atoms with Gasteiger partial charge in [0.15, 0.2) is 0 Å². The molecule has 134 valence electrons. The number of amides is 1. The van der Waals surface area contributed by atoms with E-state index in [0.717, 1.165) is 17.0 Å². The lowest BCUT2D eigenvalue weighted by atomic mass is 9.98. The Morgan fingerprint density at radius 1 is 1.28 bits per heavy atom. The number of esters is 1. The highest BCUT2D eigenvalue weighted by Gasteiger charge is 2.27. The Labute approximate surface area is 152 Å². The van der Waals surface area contributed by atoms with E-state index in [1.54, 1.807) is 6.07 Å². The predicted octanol–water partition coefficient (Wildman–Crippen LogP) is 3.90. The minimum atomic E-state index is -0.508. The van der Waals surface area contributed by atoms with E-state index in [1.165, 1.54) is 7.11 Å². The average Bonchev–Trinajstić information content (AvgIpc) is 2.85. The zero-order valence-electron chi connectivity index (χ0n) is 14.9. The van der Waals surface area contributed by atoms with Crippen LogP contribution in [0.5, 0.6) is 0 Å². The van der Waals surface area contributed by atoms with E-state index >= 15 is 0 Å². The number of halogens is 1. The van der Waals surface area contributed by atoms with Crippen molar-refractivity contribution in [3.63, 3.8) is 0 Å². The van der Waals surface area contributed by atoms with E-state index < -0.39 is 5.91 Å². The fourth-order valence-corrected chi connectivity index (χ4v) is 3.52. The number of carbonyl (C=O) groups excluding carboxylic acids is 2. The molecule has 1 aromatic carbocycles. The molecule has 0 aliphatic heterocycles. The molecular weight excluding hydrogens is 340 g/mol. The molecule has 0 fully saturated rings. The van der Waals surface area contributed by atoms with E-state index in [-0.39, 0.29) is 18.4 Å². The van der Waals surface area contributed by atoms with Crippen LogP contribution in [0.15, 0.2) is 24.3 Å². The van der Waals surface area contributed by atoms with Gasteiger partial charge in [-0.3, -0.25) is 9.59 Å². The first-order valence-corrected chi connectivity index (χ1v) is 8.52. The molecule has 2 N–H and O–H groups in total. The molecule has 1 amide bonds. The molecule has 2 aromatic rings. The summed E-state index contributed by atoms with van der Waals surface area (Å²) in [5.41, 5.74) is 9.20. The van der Waals surface area contributed by atoms with Crippen molar-refractivity contribution in [1.29, 1.82) is 0 Å². The monoisotopic (exact) mass is 362 g/mol. The third-order valence-electron chi connectivity index (χ3n) is 4.25. The van der Waals surface area contributed by atoms with Crippen molar-refractivity contribution in [3.8, 4) is 11.1 Å². The number of rotatable bonds is 6. The quantitative estimate of drug-likeness (QED) is 0.792. The van der Waals surface area contributed by atoms with Crippen LogP contribution >= 0.6 is 11.6 Å². The van der Waals surface area contributed by atoms with Crippen molar-refractivity contribution >= 4 is 23.5 Å². The number of hydrogen-bond acceptors (Lipinski definition) is 3. The minimum Gasteiger partial charge on any atom is -0.469 e. The van der Waals surface area contributed by atoms with Crippen LogP contribution in [0.2, 0.25) is 5.02 Å². The Morgan fingerprint density at radius 2 is 1.92 bits per heavy atom. The first kappa shape index (κ1) is 19.1. The van der Waals surface area contributed by atoms with Crippen LogP contribution < -0.4 is 5.73 Å². The SMILES string of the molecule is COC(=O)CCc1c(-c2ccccc2Cl)c(C(N)=O)c(C)n1C(C)C. The number of nitrogens with two attached hydrogens (primary N) is 1. The van der Waals surface area contributed by atoms with Gasteiger partial charge in [0.2, 0.25) is 0 Å². The van der Waals surface area contributed by atoms with Crippen LogP contribution in [0.4, 0.5) is 0 Å². The number of primary amides is 1. The Kier molecular flexibility index (Phi) is 5.90. The summed E-state index contributed by atoms with van der Waals surface area (Å²) in [4.78, 5) is 23.8. The topological polar surface area (TPSA) is 74.3 Å². The molecule has 1 heterocycles. The van der Waals surface area contributed by atoms with Crippen molar-refractivity contribution in [2.24, 2.45) is 5.73 Å². The standard InChI is InChI=1S/C19H23ClN2O3/c1-11(2)22-12(3)17(19(21)24)18(13-7-5-6-8-14(13)20)15(22)9-10-16(23)25-4/h5-8,11H,9-10H2,1-4H3,(H2,21,24). The lowest BCUT2D eigenvalue weighted by Gasteiger charge is -2.17. The molecule has 0 aliphatic rings. The molecule has 0 radical (unpaired) electrons. The number of hydrogen-bond donors (Lipinski definition) is 1. The zero-order valence-corrected chi connectivity index (χ0v) is 15.7. The molecule has 25 heavy (non-hydrogen) atoms. The first-order chi connectivity index (χ1) is 11.8. The van der Waals surface area contributed by atoms with Gasteiger partial charge in [0, 0.05) is 33.6 Å². The fraction of sp³-hybridized carbons (Fsp3) is 0.368. The molecule has 0 unspecified atom stereocenters. The summed E-state index contributed by atoms with van der Waals surface area (Å²) < 4.78 is 6.80. The second-order valence-electron chi connectivity index (χ2n) is 6.17. The number of aromatic nitrogens is 1. The molecule has 1 aromatic heterocycles. The summed E-state index contributed by atoms with van der Waals surface area (Å²) in [6.07, 6.45) is 0.641. The summed E-state index contributed by atoms with van der Waals surface area (Å²) in [5, 5.41) is 0.533. The molecule has 0 saturated heterocycles. The summed E-state index contributed by atoms with van der Waals surface area (Å²) in [5.74, 6) is -0.814. The number of carbonyl (C=O) groups is 2. The molecular formula is C19H23ClN2O3. The summed E-state index contributed by atoms with van der Waals surface area (Å²) >= 11 is 6.39. The first-order valence-electron chi connectivity index (χ1n) is 8.14. The molecule has 5 nitrogen and oxygen atoms in total. The van der Waals surface area contributed by atoms with Crippen LogP contribution in [0, 0.1) is 6.92 Å². The van der Waals surface area contributed by atoms with Gasteiger partial charge in [-0.2, -0.15) is 0 Å². The molecule has 0 spiro atoms. The van der Waals surface area contributed by atoms with Gasteiger partial charge in [0.25, 0.3) is 5.91 Å². The van der Waals surface area contributed by atoms with Crippen LogP contribution in [-0.2, 0) is 16.0 Å². The molecule has 6 heteroatoms. The summed E-state index contributed by atoms with van der Waals surface area (Å²) in [6, 6.07) is 7.42. The van der Waals surface area contributed by atoms with Crippen molar-refractivity contribution in [1.82, 2.24) is 4.57 Å². The lowest BCUT2D eigenvalue weighted by molar-refractivity contribution is -0.140. The van der Waals surface area contributed by atoms with Crippen molar-refractivity contribution in [2.75, 3.05) is 7.11 Å². The number of methoxy groups -OCH3 is 1. The average molecular weight is 363 g/mol. The van der Waals surface area contributed by atoms with Crippen molar-refractivity contribution in [2.45, 2.75) is 39.7 Å². The van der Waals surface area contributed by atoms with Gasteiger partial charge in [0.1, 0.15) is 0 Å². The van der Waals surface area contributed by atoms with Crippen LogP contribution in [-0.4, -0.2) is 23.6 Å². The van der Waals surface area contributed by atoms with E-state index in [0.29, 0.717) is 22.6 Å². The normalized spacial score (nSPS) is 11.0. The maximum atomic E-state index is 12.2. The third-order valence-corrected chi connectivity index (χ3v) is 4.58. The second kappa shape index (κ2) is 7.74. The zero-order chi connectivity index (χ0) is 18.7. The van der Waals surface area contributed by atoms with Gasteiger partial charge in [-0.1, -0.05) is 29.8 Å². The van der Waals surface area contributed by atoms with E-state index in [2.05, 4.69) is 0 Å². The van der Waals surface area contributed by atoms with Crippen molar-refractivity contribution in [3.05, 3.63) is 46.2 Å². The van der Waals surface area contributed by atoms with Gasteiger partial charge in [0.05, 0.1) is 19.1 Å². The number of benzene rings is 1. The number of ether oxygens (including phenoxy) is 1. The largest absolute Gasteiger partial charge is 0.469 e. The minimum absolute atomic E-state index is 0.0991. The van der Waals surface area contributed by atoms with Crippen molar-refractivity contribution < 1.29 is 14.3 Å². The smallest absolute Gasteiger partial charge is 0.305 e. The Morgan fingerprint density at radius 3 is 2.44 bits per heavy atom. The van der Waals surface area contributed by atoms with Gasteiger partial charge >= 0.3 is 5.97 Å². The van der Waals surface area contributed by atoms with E-state index in [1.807, 2.05) is 43.5 Å². The maximum Gasteiger partial charge on any atom is 0.305 e. The Hall–Kier alpha value is -2.27. The molecule has 0 saturated carbocycles. The highest BCUT2D eigenvalue weighted by Crippen LogP contribution is 2.38. The predicted molar refractivity (Wildman–Crippen MR) is 98.9 cm³/mol. The third kappa shape index (κ3) is 3.71. The molecule has 0 atom stereocenters. The highest BCUT2D eigenvalue weighted by molar-refractivity contribution is 6.33. The molecule has 0 bridgehead atoms. The van der Waals surface area contributed by atoms with Gasteiger partial charge in [-0.25, -0.2) is 0 Å². The Bertz CT molecular complexity index is 809. The van der Waals surface area contributed by atoms with Gasteiger partial charge < -0.3 is 15.0 Å². The van der Waals surface area contributed by atoms with E-state index in [9.17, 15) is 9.59 Å². The van der Waals surface area contributed by atoms with Gasteiger partial charge in [-0.15, -0.1) is 0 Å². The summed E-state index contributed by atoms with van der Waals surface area (Å²) in [6.45, 7) is 5.91. The molecule has 0 aliphatic carbocycles. The van der Waals surface area contributed by atoms with Crippen LogP contribution in [0.1, 0.15) is 48.1 Å². The van der Waals surface area contributed by atoms with Crippen LogP contribution in [0.25, 0.3) is 11.1 Å². The second-order valence-corrected chi connectivity index (χ2v) is 6.57. The molecule has 2 rings (SSSR count). The Balaban J connectivity index is 2.77. The highest BCUT2D eigenvalue weighted by atomic mass is 35.5. The summed E-state index contributed by atoms with van der Waals surface area (Å²) in [7, 11) is 1.36.